The van der Waals surface area contributed by atoms with Crippen molar-refractivity contribution in [3.8, 4) is 0 Å². The van der Waals surface area contributed by atoms with Crippen LogP contribution in [0.15, 0.2) is 0 Å². The van der Waals surface area contributed by atoms with Crippen LogP contribution in [0.3, 0.4) is 0 Å². The molecule has 0 saturated heterocycles. The van der Waals surface area contributed by atoms with Crippen LogP contribution in [0, 0.1) is 48.7 Å². The number of alkyl halides is 8. The molecule has 78 heavy (non-hydrogen) atoms. The highest BCUT2D eigenvalue weighted by molar-refractivity contribution is 7.80. The van der Waals surface area contributed by atoms with E-state index >= 15 is 0 Å². The first-order valence-electron chi connectivity index (χ1n) is 27.4. The minimum absolute atomic E-state index is 0. The van der Waals surface area contributed by atoms with Crippen molar-refractivity contribution in [2.75, 3.05) is 12.4 Å². The highest BCUT2D eigenvalue weighted by Gasteiger charge is 2.28. The number of rotatable bonds is 11. The Morgan fingerprint density at radius 3 is 0.679 bits per heavy atom. The van der Waals surface area contributed by atoms with Gasteiger partial charge in [0, 0.05) is 19.3 Å². The van der Waals surface area contributed by atoms with E-state index in [4.69, 9.17) is 0 Å². The molecule has 1 unspecified atom stereocenters. The van der Waals surface area contributed by atoms with Gasteiger partial charge >= 0.3 is 0 Å². The summed E-state index contributed by atoms with van der Waals surface area (Å²) in [5, 5.41) is 0. The molecule has 0 aromatic carbocycles. The molecule has 0 amide bonds. The maximum absolute atomic E-state index is 12.3. The van der Waals surface area contributed by atoms with Crippen molar-refractivity contribution in [1.82, 2.24) is 0 Å². The average Bonchev–Trinajstić information content (AvgIpc) is 3.05. The molecule has 0 aliphatic carbocycles. The molecule has 0 radical (unpaired) electrons. The van der Waals surface area contributed by atoms with Crippen LogP contribution in [-0.2, 0) is 0 Å². The Labute approximate surface area is 501 Å². The fourth-order valence-electron chi connectivity index (χ4n) is 4.97. The highest BCUT2D eigenvalue weighted by atomic mass is 32.1. The van der Waals surface area contributed by atoms with Crippen molar-refractivity contribution in [3.63, 3.8) is 0 Å². The van der Waals surface area contributed by atoms with E-state index in [2.05, 4.69) is 137 Å². The summed E-state index contributed by atoms with van der Waals surface area (Å²) in [5.41, 5.74) is 2.32. The zero-order valence-electron chi connectivity index (χ0n) is 54.4. The quantitative estimate of drug-likeness (QED) is 0.155. The SMILES string of the molecule is C.C.C.C.C.C.C.CC(C)(C)CC(C)(F)F.CC(C)(C)CCC(C)(F)F.CC(C)(C)CCC(F)F.CC(C)(C)CCCF.CC(C)(C)CS.CC(F)CC(C)(C)C.CCC(C)(C)C.CCCC(C)(C)C.CCCCC(C)(C)C. The zero-order valence-corrected chi connectivity index (χ0v) is 55.3. The maximum atomic E-state index is 12.3. The summed E-state index contributed by atoms with van der Waals surface area (Å²) in [5.74, 6) is -4.04. The normalized spacial score (nSPS) is 11.9. The van der Waals surface area contributed by atoms with Crippen molar-refractivity contribution in [2.45, 2.75) is 395 Å². The summed E-state index contributed by atoms with van der Waals surface area (Å²) in [7, 11) is 0. The monoisotopic (exact) mass is 1180 g/mol. The molecule has 500 valence electrons. The molecule has 0 N–H and O–H groups in total. The molecule has 0 spiro atoms. The van der Waals surface area contributed by atoms with Crippen LogP contribution in [0.1, 0.15) is 370 Å². The van der Waals surface area contributed by atoms with E-state index in [0.29, 0.717) is 52.8 Å². The van der Waals surface area contributed by atoms with Gasteiger partial charge in [0.1, 0.15) is 0 Å². The number of hydrogen-bond acceptors (Lipinski definition) is 1. The predicted octanol–water partition coefficient (Wildman–Crippen LogP) is 30.1. The number of thiol groups is 1. The highest BCUT2D eigenvalue weighted by Crippen LogP contribution is 2.31. The number of unbranched alkanes of at least 4 members (excludes halogenated alkanes) is 1. The van der Waals surface area contributed by atoms with E-state index in [1.165, 1.54) is 38.5 Å². The Balaban J connectivity index is -0.0000000393. The molecule has 0 nitrogen and oxygen atoms in total. The van der Waals surface area contributed by atoms with Gasteiger partial charge in [0.05, 0.1) is 12.8 Å². The van der Waals surface area contributed by atoms with Crippen molar-refractivity contribution < 1.29 is 35.1 Å². The molecule has 9 heteroatoms. The van der Waals surface area contributed by atoms with Crippen LogP contribution in [-0.4, -0.2) is 36.9 Å². The fraction of sp³-hybridized carbons (Fsp3) is 1.00. The summed E-state index contributed by atoms with van der Waals surface area (Å²) in [6, 6.07) is 0. The average molecular weight is 1180 g/mol. The smallest absolute Gasteiger partial charge is 0.245 e. The summed E-state index contributed by atoms with van der Waals surface area (Å²) in [6.45, 7) is 66.7. The van der Waals surface area contributed by atoms with E-state index < -0.39 is 24.4 Å². The van der Waals surface area contributed by atoms with Crippen molar-refractivity contribution >= 4 is 12.6 Å². The first-order chi connectivity index (χ1) is 30.6. The van der Waals surface area contributed by atoms with Crippen LogP contribution in [0.4, 0.5) is 35.1 Å². The third-order valence-electron chi connectivity index (χ3n) is 9.04. The first kappa shape index (κ1) is 120. The second-order valence-electron chi connectivity index (χ2n) is 30.9. The van der Waals surface area contributed by atoms with Gasteiger partial charge in [-0.3, -0.25) is 4.39 Å². The number of halogens is 8. The lowest BCUT2D eigenvalue weighted by Crippen LogP contribution is -2.20. The molecule has 0 aromatic heterocycles. The molecule has 0 aromatic rings. The standard InChI is InChI=1S/C8H16F2.C8H18.2C7H14F2.2C7H15F.C7H16.C6H14.C5H12S.7CH4/c1-7(2,3)5-6-8(4,9)10;1-5-6-7-8(2,3)4;1-6(2,3)5-7(4,8)9;1-7(2,3)5-4-6(8)9;1-6(8)5-7(2,3)4;1-7(2,3)5-4-6-8;1-5-6-7(2,3)4;1-5-6(2,3)4;1-5(2,3)4-6;;;;;;;/h5-6H2,1-4H3;5-7H2,1-4H3;5H2,1-4H3;6H,4-5H2,1-3H3;6H,5H2,1-4H3;4-6H2,1-3H3;5-6H2,1-4H3;5H2,1-4H3;6H,4H2,1-3H3;7*1H4. The van der Waals surface area contributed by atoms with Gasteiger partial charge in [0.15, 0.2) is 0 Å². The van der Waals surface area contributed by atoms with Crippen LogP contribution in [0.5, 0.6) is 0 Å². The van der Waals surface area contributed by atoms with Gasteiger partial charge in [0.25, 0.3) is 0 Å². The maximum Gasteiger partial charge on any atom is 0.245 e. The molecule has 0 aliphatic heterocycles. The zero-order chi connectivity index (χ0) is 60.0. The minimum atomic E-state index is -2.52. The Bertz CT molecular complexity index is 1020. The van der Waals surface area contributed by atoms with Gasteiger partial charge in [-0.25, -0.2) is 30.7 Å². The Morgan fingerprint density at radius 1 is 0.346 bits per heavy atom. The number of hydrogen-bond donors (Lipinski definition) is 1. The molecule has 0 bridgehead atoms. The van der Waals surface area contributed by atoms with E-state index in [-0.39, 0.29) is 99.6 Å². The fourth-order valence-corrected chi connectivity index (χ4v) is 4.97. The van der Waals surface area contributed by atoms with Gasteiger partial charge in [-0.15, -0.1) is 0 Å². The Hall–Kier alpha value is -0.210. The summed E-state index contributed by atoms with van der Waals surface area (Å²) in [6.07, 6.45) is 8.73. The lowest BCUT2D eigenvalue weighted by molar-refractivity contribution is -0.0169. The second kappa shape index (κ2) is 57.2. The van der Waals surface area contributed by atoms with E-state index in [1.54, 1.807) is 6.92 Å². The largest absolute Gasteiger partial charge is 0.251 e. The van der Waals surface area contributed by atoms with Crippen LogP contribution >= 0.6 is 12.6 Å². The van der Waals surface area contributed by atoms with Crippen molar-refractivity contribution in [1.29, 1.82) is 0 Å². The molecule has 0 rings (SSSR count). The van der Waals surface area contributed by atoms with Crippen molar-refractivity contribution in [3.05, 3.63) is 0 Å². The molecular weight excluding hydrogens is 1010 g/mol. The predicted molar refractivity (Wildman–Crippen MR) is 362 cm³/mol. The Kier molecular flexibility index (Phi) is 88.2. The van der Waals surface area contributed by atoms with Crippen LogP contribution in [0.2, 0.25) is 0 Å². The van der Waals surface area contributed by atoms with Gasteiger partial charge < -0.3 is 0 Å². The topological polar surface area (TPSA) is 0 Å². The van der Waals surface area contributed by atoms with Crippen molar-refractivity contribution in [2.24, 2.45) is 48.7 Å². The van der Waals surface area contributed by atoms with Crippen LogP contribution in [0.25, 0.3) is 0 Å². The summed E-state index contributed by atoms with van der Waals surface area (Å²) < 4.78 is 95.8. The summed E-state index contributed by atoms with van der Waals surface area (Å²) >= 11 is 4.10. The lowest BCUT2D eigenvalue weighted by atomic mass is 9.89. The van der Waals surface area contributed by atoms with E-state index in [0.717, 1.165) is 26.0 Å². The van der Waals surface area contributed by atoms with Gasteiger partial charge in [-0.1, -0.05) is 285 Å². The third-order valence-corrected chi connectivity index (χ3v) is 9.99. The minimum Gasteiger partial charge on any atom is -0.251 e. The van der Waals surface area contributed by atoms with E-state index in [1.807, 2.05) is 83.1 Å². The summed E-state index contributed by atoms with van der Waals surface area (Å²) in [4.78, 5) is 0. The Morgan fingerprint density at radius 2 is 0.628 bits per heavy atom. The molecule has 1 atom stereocenters. The molecule has 0 saturated carbocycles. The van der Waals surface area contributed by atoms with Crippen LogP contribution < -0.4 is 0 Å². The third kappa shape index (κ3) is 221. The molecule has 0 aliphatic rings. The second-order valence-corrected chi connectivity index (χ2v) is 31.3. The van der Waals surface area contributed by atoms with Gasteiger partial charge in [-0.2, -0.15) is 12.6 Å². The lowest BCUT2D eigenvalue weighted by Gasteiger charge is -2.22. The molecular formula is C69H162F8S. The van der Waals surface area contributed by atoms with Gasteiger partial charge in [-0.05, 0) is 120 Å². The molecule has 0 fully saturated rings. The van der Waals surface area contributed by atoms with E-state index in [9.17, 15) is 35.1 Å². The first-order valence-corrected chi connectivity index (χ1v) is 28.0. The van der Waals surface area contributed by atoms with Gasteiger partial charge in [0.2, 0.25) is 18.3 Å². The molecule has 0 heterocycles.